The van der Waals surface area contributed by atoms with Crippen LogP contribution in [0.3, 0.4) is 0 Å². The smallest absolute Gasteiger partial charge is 0.224 e. The van der Waals surface area contributed by atoms with Crippen molar-refractivity contribution in [2.75, 3.05) is 19.6 Å². The molecule has 0 aromatic carbocycles. The lowest BCUT2D eigenvalue weighted by atomic mass is 9.89. The quantitative estimate of drug-likeness (QED) is 0.862. The van der Waals surface area contributed by atoms with E-state index in [1.54, 1.807) is 11.3 Å². The van der Waals surface area contributed by atoms with Crippen LogP contribution in [-0.4, -0.2) is 30.4 Å². The highest BCUT2D eigenvalue weighted by Gasteiger charge is 2.41. The molecule has 0 radical (unpaired) electrons. The molecule has 1 fully saturated rings. The van der Waals surface area contributed by atoms with Gasteiger partial charge in [-0.05, 0) is 38.9 Å². The van der Waals surface area contributed by atoms with E-state index in [0.717, 1.165) is 13.0 Å². The Labute approximate surface area is 112 Å². The molecule has 2 atom stereocenters. The zero-order valence-corrected chi connectivity index (χ0v) is 11.8. The summed E-state index contributed by atoms with van der Waals surface area (Å²) in [5.41, 5.74) is 11.0. The van der Waals surface area contributed by atoms with Crippen LogP contribution in [0.4, 0.5) is 0 Å². The van der Waals surface area contributed by atoms with Gasteiger partial charge in [-0.15, -0.1) is 11.3 Å². The van der Waals surface area contributed by atoms with Crippen molar-refractivity contribution in [2.45, 2.75) is 26.3 Å². The lowest BCUT2D eigenvalue weighted by Gasteiger charge is -2.27. The fourth-order valence-corrected chi connectivity index (χ4v) is 3.57. The summed E-state index contributed by atoms with van der Waals surface area (Å²) >= 11 is 1.78. The largest absolute Gasteiger partial charge is 0.369 e. The average molecular weight is 267 g/mol. The zero-order valence-electron chi connectivity index (χ0n) is 11.0. The highest BCUT2D eigenvalue weighted by molar-refractivity contribution is 7.12. The Hall–Kier alpha value is -0.910. The number of aryl methyl sites for hydroxylation is 1. The first-order valence-electron chi connectivity index (χ1n) is 6.26. The van der Waals surface area contributed by atoms with Crippen molar-refractivity contribution in [3.8, 4) is 0 Å². The predicted molar refractivity (Wildman–Crippen MR) is 74.3 cm³/mol. The highest BCUT2D eigenvalue weighted by Crippen LogP contribution is 2.36. The van der Waals surface area contributed by atoms with Crippen LogP contribution >= 0.6 is 11.3 Å². The van der Waals surface area contributed by atoms with E-state index in [-0.39, 0.29) is 11.9 Å². The Kier molecular flexibility index (Phi) is 3.75. The van der Waals surface area contributed by atoms with Crippen LogP contribution in [0.1, 0.15) is 29.1 Å². The molecule has 2 rings (SSSR count). The van der Waals surface area contributed by atoms with Crippen molar-refractivity contribution in [2.24, 2.45) is 16.9 Å². The first-order valence-corrected chi connectivity index (χ1v) is 7.08. The maximum atomic E-state index is 11.5. The second-order valence-electron chi connectivity index (χ2n) is 5.35. The second-order valence-corrected chi connectivity index (χ2v) is 6.66. The predicted octanol–water partition coefficient (Wildman–Crippen LogP) is 1.25. The zero-order chi connectivity index (χ0) is 13.3. The van der Waals surface area contributed by atoms with Gasteiger partial charge < -0.3 is 11.5 Å². The van der Waals surface area contributed by atoms with Gasteiger partial charge in [-0.25, -0.2) is 0 Å². The number of amides is 1. The number of hydrogen-bond acceptors (Lipinski definition) is 4. The van der Waals surface area contributed by atoms with Crippen LogP contribution in [-0.2, 0) is 4.79 Å². The molecule has 4 N–H and O–H groups in total. The van der Waals surface area contributed by atoms with Crippen molar-refractivity contribution in [3.05, 3.63) is 21.9 Å². The van der Waals surface area contributed by atoms with Gasteiger partial charge in [0.05, 0.1) is 11.5 Å². The van der Waals surface area contributed by atoms with Crippen molar-refractivity contribution in [1.82, 2.24) is 4.90 Å². The van der Waals surface area contributed by atoms with Crippen molar-refractivity contribution in [3.63, 3.8) is 0 Å². The molecule has 1 aliphatic heterocycles. The molecule has 1 aromatic rings. The topological polar surface area (TPSA) is 72.3 Å². The molecule has 0 saturated carbocycles. The molecule has 1 amide bonds. The number of nitrogens with zero attached hydrogens (tertiary/aromatic N) is 1. The summed E-state index contributed by atoms with van der Waals surface area (Å²) in [7, 11) is 0. The third kappa shape index (κ3) is 2.43. The van der Waals surface area contributed by atoms with Gasteiger partial charge >= 0.3 is 0 Å². The lowest BCUT2D eigenvalue weighted by molar-refractivity contribution is -0.126. The molecule has 0 aliphatic carbocycles. The fourth-order valence-electron chi connectivity index (χ4n) is 2.54. The van der Waals surface area contributed by atoms with E-state index in [2.05, 4.69) is 24.0 Å². The molecule has 0 spiro atoms. The molecule has 1 saturated heterocycles. The van der Waals surface area contributed by atoms with Gasteiger partial charge in [0.15, 0.2) is 0 Å². The van der Waals surface area contributed by atoms with Gasteiger partial charge in [-0.2, -0.15) is 0 Å². The van der Waals surface area contributed by atoms with Gasteiger partial charge in [0.25, 0.3) is 0 Å². The Morgan fingerprint density at radius 1 is 1.61 bits per heavy atom. The molecule has 4 nitrogen and oxygen atoms in total. The highest BCUT2D eigenvalue weighted by atomic mass is 32.1. The summed E-state index contributed by atoms with van der Waals surface area (Å²) in [6.45, 7) is 6.22. The summed E-state index contributed by atoms with van der Waals surface area (Å²) in [5, 5.41) is 0. The van der Waals surface area contributed by atoms with Crippen molar-refractivity contribution < 1.29 is 4.79 Å². The van der Waals surface area contributed by atoms with Gasteiger partial charge in [0, 0.05) is 22.8 Å². The molecule has 0 bridgehead atoms. The van der Waals surface area contributed by atoms with Crippen molar-refractivity contribution >= 4 is 17.2 Å². The molecule has 1 aliphatic rings. The first kappa shape index (κ1) is 13.5. The van der Waals surface area contributed by atoms with Crippen LogP contribution in [0.5, 0.6) is 0 Å². The minimum atomic E-state index is -0.403. The van der Waals surface area contributed by atoms with Gasteiger partial charge in [-0.1, -0.05) is 0 Å². The number of hydrogen-bond donors (Lipinski definition) is 2. The van der Waals surface area contributed by atoms with Gasteiger partial charge in [0.2, 0.25) is 5.91 Å². The normalized spacial score (nSPS) is 26.4. The first-order chi connectivity index (χ1) is 8.46. The average Bonchev–Trinajstić information content (AvgIpc) is 2.89. The number of likely N-dealkylation sites (tertiary alicyclic amines) is 1. The number of carbonyl (C=O) groups excluding carboxylic acids is 1. The van der Waals surface area contributed by atoms with Crippen LogP contribution < -0.4 is 11.5 Å². The summed E-state index contributed by atoms with van der Waals surface area (Å²) in [5.74, 6) is -0.205. The van der Waals surface area contributed by atoms with E-state index < -0.39 is 5.41 Å². The van der Waals surface area contributed by atoms with Gasteiger partial charge in [-0.3, -0.25) is 9.69 Å². The minimum Gasteiger partial charge on any atom is -0.369 e. The Morgan fingerprint density at radius 3 is 2.78 bits per heavy atom. The van der Waals surface area contributed by atoms with Crippen LogP contribution in [0.25, 0.3) is 0 Å². The Bertz CT molecular complexity index is 445. The van der Waals surface area contributed by atoms with Crippen LogP contribution in [0.15, 0.2) is 12.1 Å². The maximum Gasteiger partial charge on any atom is 0.224 e. The van der Waals surface area contributed by atoms with Gasteiger partial charge in [0.1, 0.15) is 0 Å². The van der Waals surface area contributed by atoms with E-state index in [9.17, 15) is 4.79 Å². The summed E-state index contributed by atoms with van der Waals surface area (Å²) in [6, 6.07) is 4.47. The number of rotatable bonds is 4. The maximum absolute atomic E-state index is 11.5. The molecular weight excluding hydrogens is 246 g/mol. The standard InChI is InChI=1S/C13H21N3OS/c1-9-3-4-11(18-9)10(7-14)16-6-5-13(2,8-16)12(15)17/h3-4,10H,5-8,14H2,1-2H3,(H2,15,17). The second kappa shape index (κ2) is 4.99. The van der Waals surface area contributed by atoms with E-state index in [0.29, 0.717) is 13.1 Å². The van der Waals surface area contributed by atoms with E-state index in [4.69, 9.17) is 11.5 Å². The van der Waals surface area contributed by atoms with Crippen LogP contribution in [0.2, 0.25) is 0 Å². The molecular formula is C13H21N3OS. The molecule has 18 heavy (non-hydrogen) atoms. The number of nitrogens with two attached hydrogens (primary N) is 2. The molecule has 100 valence electrons. The third-order valence-corrected chi connectivity index (χ3v) is 4.95. The Balaban J connectivity index is 2.14. The van der Waals surface area contributed by atoms with Crippen molar-refractivity contribution in [1.29, 1.82) is 0 Å². The number of primary amides is 1. The summed E-state index contributed by atoms with van der Waals surface area (Å²) in [4.78, 5) is 16.3. The SMILES string of the molecule is Cc1ccc(C(CN)N2CCC(C)(C(N)=O)C2)s1. The summed E-state index contributed by atoms with van der Waals surface area (Å²) in [6.07, 6.45) is 0.823. The number of thiophene rings is 1. The van der Waals surface area contributed by atoms with E-state index in [1.807, 2.05) is 6.92 Å². The Morgan fingerprint density at radius 2 is 2.33 bits per heavy atom. The molecule has 2 unspecified atom stereocenters. The lowest BCUT2D eigenvalue weighted by Crippen LogP contribution is -2.39. The number of carbonyl (C=O) groups is 1. The van der Waals surface area contributed by atoms with Crippen LogP contribution in [0, 0.1) is 12.3 Å². The fraction of sp³-hybridized carbons (Fsp3) is 0.615. The minimum absolute atomic E-state index is 0.205. The van der Waals surface area contributed by atoms with E-state index >= 15 is 0 Å². The molecule has 5 heteroatoms. The molecule has 2 heterocycles. The molecule has 1 aromatic heterocycles. The monoisotopic (exact) mass is 267 g/mol. The summed E-state index contributed by atoms with van der Waals surface area (Å²) < 4.78 is 0. The van der Waals surface area contributed by atoms with E-state index in [1.165, 1.54) is 9.75 Å². The third-order valence-electron chi connectivity index (χ3n) is 3.85.